The van der Waals surface area contributed by atoms with Crippen molar-refractivity contribution in [3.63, 3.8) is 0 Å². The minimum absolute atomic E-state index is 0.0175. The average molecular weight is 304 g/mol. The average Bonchev–Trinajstić information content (AvgIpc) is 2.51. The molecular weight excluding hydrogens is 284 g/mol. The Labute approximate surface area is 129 Å². The molecule has 5 heteroatoms. The molecule has 1 aromatic rings. The lowest BCUT2D eigenvalue weighted by atomic mass is 9.99. The molecule has 0 spiro atoms. The van der Waals surface area contributed by atoms with Gasteiger partial charge in [0.25, 0.3) is 0 Å². The van der Waals surface area contributed by atoms with Crippen molar-refractivity contribution >= 4 is 11.8 Å². The van der Waals surface area contributed by atoms with Gasteiger partial charge in [0.05, 0.1) is 20.3 Å². The third-order valence-electron chi connectivity index (χ3n) is 3.47. The topological polar surface area (TPSA) is 61.8 Å². The molecule has 1 aliphatic heterocycles. The van der Waals surface area contributed by atoms with Crippen LogP contribution in [0.4, 0.5) is 0 Å². The standard InChI is InChI=1S/C17H20O5/c1-12-16(17(19)20-2)15(18)10-14(22-12)8-9-21-11-13-6-4-3-5-7-13/h3-7,14H,8-11H2,1-2H3. The van der Waals surface area contributed by atoms with Crippen LogP contribution in [0.5, 0.6) is 0 Å². The minimum Gasteiger partial charge on any atom is -0.493 e. The summed E-state index contributed by atoms with van der Waals surface area (Å²) in [6.07, 6.45) is 0.526. The van der Waals surface area contributed by atoms with Gasteiger partial charge in [0, 0.05) is 12.8 Å². The van der Waals surface area contributed by atoms with Crippen molar-refractivity contribution in [2.75, 3.05) is 13.7 Å². The van der Waals surface area contributed by atoms with E-state index in [0.717, 1.165) is 5.56 Å². The number of benzene rings is 1. The normalized spacial score (nSPS) is 18.1. The summed E-state index contributed by atoms with van der Waals surface area (Å²) in [7, 11) is 1.25. The summed E-state index contributed by atoms with van der Waals surface area (Å²) in [6.45, 7) is 2.64. The van der Waals surface area contributed by atoms with Gasteiger partial charge < -0.3 is 14.2 Å². The number of Topliss-reactive ketones (excluding diaryl/α,β-unsaturated/α-hetero) is 1. The van der Waals surface area contributed by atoms with Crippen molar-refractivity contribution in [1.29, 1.82) is 0 Å². The molecule has 1 heterocycles. The van der Waals surface area contributed by atoms with Crippen molar-refractivity contribution in [3.8, 4) is 0 Å². The molecule has 0 bridgehead atoms. The van der Waals surface area contributed by atoms with Crippen LogP contribution < -0.4 is 0 Å². The monoisotopic (exact) mass is 304 g/mol. The van der Waals surface area contributed by atoms with E-state index in [1.807, 2.05) is 30.3 Å². The first kappa shape index (κ1) is 16.2. The minimum atomic E-state index is -0.638. The first-order chi connectivity index (χ1) is 10.6. The zero-order chi connectivity index (χ0) is 15.9. The Morgan fingerprint density at radius 2 is 2.05 bits per heavy atom. The number of ether oxygens (including phenoxy) is 3. The van der Waals surface area contributed by atoms with Gasteiger partial charge in [0.1, 0.15) is 17.4 Å². The molecule has 1 aromatic carbocycles. The lowest BCUT2D eigenvalue weighted by Crippen LogP contribution is -2.30. The first-order valence-electron chi connectivity index (χ1n) is 7.22. The van der Waals surface area contributed by atoms with Gasteiger partial charge in [-0.25, -0.2) is 4.79 Å². The summed E-state index contributed by atoms with van der Waals surface area (Å²) < 4.78 is 15.8. The maximum atomic E-state index is 12.0. The molecule has 0 saturated heterocycles. The highest BCUT2D eigenvalue weighted by Crippen LogP contribution is 2.23. The van der Waals surface area contributed by atoms with Crippen LogP contribution in [0.15, 0.2) is 41.7 Å². The number of hydrogen-bond donors (Lipinski definition) is 0. The summed E-state index contributed by atoms with van der Waals surface area (Å²) in [5, 5.41) is 0. The van der Waals surface area contributed by atoms with Gasteiger partial charge in [-0.3, -0.25) is 4.79 Å². The Kier molecular flexibility index (Phi) is 5.72. The van der Waals surface area contributed by atoms with Crippen LogP contribution >= 0.6 is 0 Å². The van der Waals surface area contributed by atoms with E-state index in [9.17, 15) is 9.59 Å². The second-order valence-corrected chi connectivity index (χ2v) is 5.12. The number of ketones is 1. The molecule has 1 atom stereocenters. The second kappa shape index (κ2) is 7.75. The highest BCUT2D eigenvalue weighted by molar-refractivity contribution is 6.18. The molecule has 0 amide bonds. The van der Waals surface area contributed by atoms with Crippen LogP contribution in [0, 0.1) is 0 Å². The number of esters is 1. The zero-order valence-corrected chi connectivity index (χ0v) is 12.8. The molecule has 22 heavy (non-hydrogen) atoms. The van der Waals surface area contributed by atoms with E-state index in [2.05, 4.69) is 4.74 Å². The Morgan fingerprint density at radius 1 is 1.32 bits per heavy atom. The van der Waals surface area contributed by atoms with E-state index in [-0.39, 0.29) is 23.9 Å². The smallest absolute Gasteiger partial charge is 0.344 e. The fourth-order valence-electron chi connectivity index (χ4n) is 2.36. The number of methoxy groups -OCH3 is 1. The Morgan fingerprint density at radius 3 is 2.68 bits per heavy atom. The van der Waals surface area contributed by atoms with Crippen LogP contribution in [0.1, 0.15) is 25.3 Å². The predicted molar refractivity (Wildman–Crippen MR) is 79.9 cm³/mol. The molecule has 0 aliphatic carbocycles. The molecule has 5 nitrogen and oxygen atoms in total. The SMILES string of the molecule is COC(=O)C1=C(C)OC(CCOCc2ccccc2)CC1=O. The van der Waals surface area contributed by atoms with E-state index in [1.54, 1.807) is 6.92 Å². The third kappa shape index (κ3) is 4.18. The number of allylic oxidation sites excluding steroid dienone is 1. The lowest BCUT2D eigenvalue weighted by Gasteiger charge is -2.25. The van der Waals surface area contributed by atoms with Crippen LogP contribution in [-0.4, -0.2) is 31.6 Å². The molecule has 118 valence electrons. The van der Waals surface area contributed by atoms with Gasteiger partial charge in [-0.05, 0) is 12.5 Å². The quantitative estimate of drug-likeness (QED) is 0.459. The molecule has 1 aliphatic rings. The van der Waals surface area contributed by atoms with E-state index in [1.165, 1.54) is 7.11 Å². The summed E-state index contributed by atoms with van der Waals surface area (Å²) in [4.78, 5) is 23.5. The van der Waals surface area contributed by atoms with Crippen molar-refractivity contribution < 1.29 is 23.8 Å². The fraction of sp³-hybridized carbons (Fsp3) is 0.412. The first-order valence-corrected chi connectivity index (χ1v) is 7.22. The third-order valence-corrected chi connectivity index (χ3v) is 3.47. The highest BCUT2D eigenvalue weighted by Gasteiger charge is 2.31. The highest BCUT2D eigenvalue weighted by atomic mass is 16.5. The molecule has 0 saturated carbocycles. The fourth-order valence-corrected chi connectivity index (χ4v) is 2.36. The van der Waals surface area contributed by atoms with Crippen molar-refractivity contribution in [2.24, 2.45) is 0 Å². The molecule has 2 rings (SSSR count). The van der Waals surface area contributed by atoms with Gasteiger partial charge in [-0.1, -0.05) is 30.3 Å². The van der Waals surface area contributed by atoms with Gasteiger partial charge in [-0.2, -0.15) is 0 Å². The zero-order valence-electron chi connectivity index (χ0n) is 12.8. The molecule has 0 radical (unpaired) electrons. The van der Waals surface area contributed by atoms with Crippen LogP contribution in [0.25, 0.3) is 0 Å². The van der Waals surface area contributed by atoms with Crippen LogP contribution in [0.3, 0.4) is 0 Å². The number of carbonyl (C=O) groups excluding carboxylic acids is 2. The maximum absolute atomic E-state index is 12.0. The van der Waals surface area contributed by atoms with E-state index >= 15 is 0 Å². The van der Waals surface area contributed by atoms with E-state index in [4.69, 9.17) is 9.47 Å². The van der Waals surface area contributed by atoms with Gasteiger partial charge in [0.2, 0.25) is 0 Å². The van der Waals surface area contributed by atoms with Crippen molar-refractivity contribution in [2.45, 2.75) is 32.5 Å². The Hall–Kier alpha value is -2.14. The van der Waals surface area contributed by atoms with E-state index in [0.29, 0.717) is 25.4 Å². The van der Waals surface area contributed by atoms with Gasteiger partial charge in [-0.15, -0.1) is 0 Å². The van der Waals surface area contributed by atoms with E-state index < -0.39 is 5.97 Å². The summed E-state index contributed by atoms with van der Waals surface area (Å²) >= 11 is 0. The largest absolute Gasteiger partial charge is 0.493 e. The number of hydrogen-bond acceptors (Lipinski definition) is 5. The Bertz CT molecular complexity index is 562. The van der Waals surface area contributed by atoms with Crippen molar-refractivity contribution in [1.82, 2.24) is 0 Å². The molecule has 0 N–H and O–H groups in total. The van der Waals surface area contributed by atoms with Crippen LogP contribution in [0.2, 0.25) is 0 Å². The molecule has 0 aromatic heterocycles. The maximum Gasteiger partial charge on any atom is 0.344 e. The van der Waals surface area contributed by atoms with Gasteiger partial charge in [0.15, 0.2) is 5.78 Å². The second-order valence-electron chi connectivity index (χ2n) is 5.12. The molecular formula is C17H20O5. The lowest BCUT2D eigenvalue weighted by molar-refractivity contribution is -0.139. The molecule has 1 unspecified atom stereocenters. The summed E-state index contributed by atoms with van der Waals surface area (Å²) in [6, 6.07) is 9.87. The van der Waals surface area contributed by atoms with Crippen LogP contribution in [-0.2, 0) is 30.4 Å². The summed E-state index contributed by atoms with van der Waals surface area (Å²) in [5.74, 6) is -0.541. The predicted octanol–water partition coefficient (Wildman–Crippen LogP) is 2.40. The number of carbonyl (C=O) groups is 2. The summed E-state index contributed by atoms with van der Waals surface area (Å²) in [5.41, 5.74) is 1.12. The number of rotatable bonds is 6. The Balaban J connectivity index is 1.80. The van der Waals surface area contributed by atoms with Crippen molar-refractivity contribution in [3.05, 3.63) is 47.2 Å². The van der Waals surface area contributed by atoms with Gasteiger partial charge >= 0.3 is 5.97 Å². The molecule has 0 fully saturated rings.